The molecule has 1 heterocycles. The largest absolute Gasteiger partial charge is 0.271 e. The third kappa shape index (κ3) is 1.86. The Labute approximate surface area is 69.9 Å². The molecule has 3 nitrogen and oxygen atoms in total. The van der Waals surface area contributed by atoms with E-state index in [1.807, 2.05) is 12.3 Å². The smallest absolute Gasteiger partial charge is 0.0844 e. The molecule has 1 unspecified atom stereocenters. The van der Waals surface area contributed by atoms with Gasteiger partial charge in [-0.15, -0.1) is 11.3 Å². The number of thiazole rings is 1. The molecule has 4 heteroatoms. The Morgan fingerprint density at radius 2 is 2.64 bits per heavy atom. The SMILES string of the molecule is C=C(C)C(NN)c1cscn1. The summed E-state index contributed by atoms with van der Waals surface area (Å²) in [5, 5.41) is 1.96. The van der Waals surface area contributed by atoms with Gasteiger partial charge in [0.2, 0.25) is 0 Å². The van der Waals surface area contributed by atoms with E-state index in [9.17, 15) is 0 Å². The lowest BCUT2D eigenvalue weighted by Crippen LogP contribution is -2.28. The first-order valence-corrected chi connectivity index (χ1v) is 4.19. The van der Waals surface area contributed by atoms with E-state index in [0.717, 1.165) is 11.3 Å². The summed E-state index contributed by atoms with van der Waals surface area (Å²) in [4.78, 5) is 4.12. The van der Waals surface area contributed by atoms with Gasteiger partial charge in [-0.1, -0.05) is 12.2 Å². The first kappa shape index (κ1) is 8.39. The number of rotatable bonds is 3. The quantitative estimate of drug-likeness (QED) is 0.406. The van der Waals surface area contributed by atoms with E-state index in [1.54, 1.807) is 16.8 Å². The highest BCUT2D eigenvalue weighted by molar-refractivity contribution is 7.07. The number of hydrogen-bond donors (Lipinski definition) is 2. The standard InChI is InChI=1S/C7H11N3S/c1-5(2)7(10-8)6-3-11-4-9-6/h3-4,7,10H,1,8H2,2H3. The molecule has 0 spiro atoms. The molecule has 0 amide bonds. The molecule has 3 N–H and O–H groups in total. The minimum absolute atomic E-state index is 0.0127. The minimum atomic E-state index is -0.0127. The molecule has 0 bridgehead atoms. The summed E-state index contributed by atoms with van der Waals surface area (Å²) >= 11 is 1.55. The molecule has 0 radical (unpaired) electrons. The fourth-order valence-corrected chi connectivity index (χ4v) is 1.42. The van der Waals surface area contributed by atoms with E-state index in [1.165, 1.54) is 0 Å². The Kier molecular flexibility index (Phi) is 2.76. The predicted octanol–water partition coefficient (Wildman–Crippen LogP) is 1.22. The summed E-state index contributed by atoms with van der Waals surface area (Å²) in [5.74, 6) is 5.32. The highest BCUT2D eigenvalue weighted by Crippen LogP contribution is 2.18. The van der Waals surface area contributed by atoms with Crippen LogP contribution in [0.1, 0.15) is 18.7 Å². The van der Waals surface area contributed by atoms with Crippen LogP contribution in [0.25, 0.3) is 0 Å². The van der Waals surface area contributed by atoms with Crippen molar-refractivity contribution < 1.29 is 0 Å². The highest BCUT2D eigenvalue weighted by Gasteiger charge is 2.10. The Bertz CT molecular complexity index is 230. The van der Waals surface area contributed by atoms with Gasteiger partial charge in [0.15, 0.2) is 0 Å². The summed E-state index contributed by atoms with van der Waals surface area (Å²) in [6, 6.07) is -0.0127. The molecule has 0 saturated carbocycles. The number of aromatic nitrogens is 1. The first-order valence-electron chi connectivity index (χ1n) is 3.25. The second-order valence-corrected chi connectivity index (χ2v) is 3.08. The summed E-state index contributed by atoms with van der Waals surface area (Å²) in [5.41, 5.74) is 6.33. The van der Waals surface area contributed by atoms with Gasteiger partial charge in [-0.25, -0.2) is 10.4 Å². The zero-order valence-corrected chi connectivity index (χ0v) is 7.19. The summed E-state index contributed by atoms with van der Waals surface area (Å²) in [7, 11) is 0. The second-order valence-electron chi connectivity index (χ2n) is 2.36. The molecule has 60 valence electrons. The van der Waals surface area contributed by atoms with Gasteiger partial charge in [-0.2, -0.15) is 0 Å². The maximum absolute atomic E-state index is 5.32. The number of nitrogens with two attached hydrogens (primary N) is 1. The van der Waals surface area contributed by atoms with Crippen molar-refractivity contribution in [2.24, 2.45) is 5.84 Å². The maximum atomic E-state index is 5.32. The molecule has 1 aromatic rings. The van der Waals surface area contributed by atoms with Gasteiger partial charge in [-0.05, 0) is 6.92 Å². The van der Waals surface area contributed by atoms with Crippen LogP contribution in [-0.4, -0.2) is 4.98 Å². The predicted molar refractivity (Wildman–Crippen MR) is 47.0 cm³/mol. The van der Waals surface area contributed by atoms with Gasteiger partial charge in [0.05, 0.1) is 17.2 Å². The van der Waals surface area contributed by atoms with E-state index in [-0.39, 0.29) is 6.04 Å². The van der Waals surface area contributed by atoms with E-state index in [0.29, 0.717) is 0 Å². The van der Waals surface area contributed by atoms with E-state index >= 15 is 0 Å². The zero-order valence-electron chi connectivity index (χ0n) is 6.37. The average molecular weight is 169 g/mol. The van der Waals surface area contributed by atoms with Gasteiger partial charge in [0.1, 0.15) is 0 Å². The molecule has 0 aliphatic heterocycles. The fourth-order valence-electron chi connectivity index (χ4n) is 0.845. The van der Waals surface area contributed by atoms with Crippen LogP contribution >= 0.6 is 11.3 Å². The summed E-state index contributed by atoms with van der Waals surface area (Å²) < 4.78 is 0. The Morgan fingerprint density at radius 1 is 1.91 bits per heavy atom. The van der Waals surface area contributed by atoms with Crippen molar-refractivity contribution in [1.29, 1.82) is 0 Å². The molecule has 1 atom stereocenters. The van der Waals surface area contributed by atoms with Crippen molar-refractivity contribution in [1.82, 2.24) is 10.4 Å². The van der Waals surface area contributed by atoms with Crippen LogP contribution in [0.5, 0.6) is 0 Å². The molecule has 0 aliphatic rings. The third-order valence-corrected chi connectivity index (χ3v) is 2.01. The van der Waals surface area contributed by atoms with Crippen molar-refractivity contribution in [3.8, 4) is 0 Å². The minimum Gasteiger partial charge on any atom is -0.271 e. The normalized spacial score (nSPS) is 12.9. The molecule has 0 aromatic carbocycles. The van der Waals surface area contributed by atoms with Crippen LogP contribution in [0, 0.1) is 0 Å². The first-order chi connectivity index (χ1) is 5.25. The van der Waals surface area contributed by atoms with Gasteiger partial charge < -0.3 is 0 Å². The number of nitrogens with one attached hydrogen (secondary N) is 1. The van der Waals surface area contributed by atoms with Gasteiger partial charge in [0.25, 0.3) is 0 Å². The Balaban J connectivity index is 2.79. The molecule has 0 saturated heterocycles. The topological polar surface area (TPSA) is 50.9 Å². The van der Waals surface area contributed by atoms with Crippen LogP contribution in [0.4, 0.5) is 0 Å². The molecular weight excluding hydrogens is 158 g/mol. The lowest BCUT2D eigenvalue weighted by atomic mass is 10.1. The molecule has 1 aromatic heterocycles. The number of hydrogen-bond acceptors (Lipinski definition) is 4. The van der Waals surface area contributed by atoms with E-state index in [2.05, 4.69) is 17.0 Å². The van der Waals surface area contributed by atoms with Gasteiger partial charge >= 0.3 is 0 Å². The zero-order chi connectivity index (χ0) is 8.27. The number of nitrogens with zero attached hydrogens (tertiary/aromatic N) is 1. The molecule has 11 heavy (non-hydrogen) atoms. The van der Waals surface area contributed by atoms with Crippen LogP contribution in [-0.2, 0) is 0 Å². The number of hydrazine groups is 1. The van der Waals surface area contributed by atoms with Crippen LogP contribution in [0.2, 0.25) is 0 Å². The monoisotopic (exact) mass is 169 g/mol. The second kappa shape index (κ2) is 3.61. The van der Waals surface area contributed by atoms with Gasteiger partial charge in [0, 0.05) is 5.38 Å². The maximum Gasteiger partial charge on any atom is 0.0844 e. The highest BCUT2D eigenvalue weighted by atomic mass is 32.1. The van der Waals surface area contributed by atoms with E-state index < -0.39 is 0 Å². The third-order valence-electron chi connectivity index (χ3n) is 1.41. The summed E-state index contributed by atoms with van der Waals surface area (Å²) in [6.07, 6.45) is 0. The van der Waals surface area contributed by atoms with Crippen LogP contribution in [0.3, 0.4) is 0 Å². The lowest BCUT2D eigenvalue weighted by molar-refractivity contribution is 0.614. The van der Waals surface area contributed by atoms with E-state index in [4.69, 9.17) is 5.84 Å². The van der Waals surface area contributed by atoms with Crippen LogP contribution < -0.4 is 11.3 Å². The van der Waals surface area contributed by atoms with Crippen LogP contribution in [0.15, 0.2) is 23.0 Å². The average Bonchev–Trinajstić information content (AvgIpc) is 2.40. The Hall–Kier alpha value is -0.710. The van der Waals surface area contributed by atoms with Crippen molar-refractivity contribution in [3.05, 3.63) is 28.7 Å². The Morgan fingerprint density at radius 3 is 3.00 bits per heavy atom. The molecule has 1 rings (SSSR count). The van der Waals surface area contributed by atoms with Gasteiger partial charge in [-0.3, -0.25) is 5.84 Å². The fraction of sp³-hybridized carbons (Fsp3) is 0.286. The van der Waals surface area contributed by atoms with Crippen molar-refractivity contribution in [2.45, 2.75) is 13.0 Å². The molecular formula is C7H11N3S. The van der Waals surface area contributed by atoms with Crippen molar-refractivity contribution in [2.75, 3.05) is 0 Å². The van der Waals surface area contributed by atoms with Crippen molar-refractivity contribution >= 4 is 11.3 Å². The molecule has 0 fully saturated rings. The summed E-state index contributed by atoms with van der Waals surface area (Å²) in [6.45, 7) is 5.72. The molecule has 0 aliphatic carbocycles. The lowest BCUT2D eigenvalue weighted by Gasteiger charge is -2.12. The van der Waals surface area contributed by atoms with Crippen molar-refractivity contribution in [3.63, 3.8) is 0 Å².